The fourth-order valence-corrected chi connectivity index (χ4v) is 6.61. The van der Waals surface area contributed by atoms with Crippen LogP contribution in [0.1, 0.15) is 37.3 Å². The van der Waals surface area contributed by atoms with E-state index in [4.69, 9.17) is 0 Å². The van der Waals surface area contributed by atoms with E-state index in [1.54, 1.807) is 30.3 Å². The van der Waals surface area contributed by atoms with Crippen molar-refractivity contribution in [2.45, 2.75) is 11.7 Å². The first-order chi connectivity index (χ1) is 13.4. The highest BCUT2D eigenvalue weighted by Crippen LogP contribution is 2.32. The molecule has 1 aromatic carbocycles. The molecule has 3 amide bonds. The van der Waals surface area contributed by atoms with Crippen LogP contribution in [0.2, 0.25) is 0 Å². The van der Waals surface area contributed by atoms with E-state index in [-0.39, 0.29) is 36.5 Å². The number of nitrogens with zero attached hydrogens (tertiary/aromatic N) is 2. The standard InChI is InChI=1S/C19H18N2O5S2/c22-17(12-21-18(23)13-4-1-2-5-14(13)19(21)24)20-8-7-16(15-6-3-10-27-15)28(25,26)11-9-20/h1-6,10,16H,7-9,11-12H2. The highest BCUT2D eigenvalue weighted by atomic mass is 32.2. The Morgan fingerprint density at radius 3 is 2.32 bits per heavy atom. The summed E-state index contributed by atoms with van der Waals surface area (Å²) >= 11 is 1.39. The van der Waals surface area contributed by atoms with Crippen LogP contribution in [-0.4, -0.2) is 61.3 Å². The first-order valence-electron chi connectivity index (χ1n) is 8.86. The van der Waals surface area contributed by atoms with Crippen molar-refractivity contribution in [3.05, 3.63) is 57.8 Å². The van der Waals surface area contributed by atoms with E-state index in [1.807, 2.05) is 11.4 Å². The van der Waals surface area contributed by atoms with Gasteiger partial charge < -0.3 is 4.90 Å². The second-order valence-corrected chi connectivity index (χ2v) is 10.1. The van der Waals surface area contributed by atoms with Gasteiger partial charge in [0.25, 0.3) is 11.8 Å². The van der Waals surface area contributed by atoms with E-state index in [0.717, 1.165) is 9.78 Å². The first kappa shape index (κ1) is 18.8. The molecule has 0 saturated carbocycles. The molecule has 2 aliphatic rings. The third-order valence-electron chi connectivity index (χ3n) is 5.13. The van der Waals surface area contributed by atoms with E-state index < -0.39 is 32.8 Å². The molecule has 0 bridgehead atoms. The number of thiophene rings is 1. The zero-order valence-corrected chi connectivity index (χ0v) is 16.5. The van der Waals surface area contributed by atoms with Crippen molar-refractivity contribution in [3.8, 4) is 0 Å². The van der Waals surface area contributed by atoms with Crippen LogP contribution in [0, 0.1) is 0 Å². The Kier molecular flexibility index (Phi) is 4.80. The maximum atomic E-state index is 12.7. The Hall–Kier alpha value is -2.52. The summed E-state index contributed by atoms with van der Waals surface area (Å²) in [6, 6.07) is 10.1. The van der Waals surface area contributed by atoms with Crippen LogP contribution in [0.3, 0.4) is 0 Å². The topological polar surface area (TPSA) is 91.8 Å². The average Bonchev–Trinajstić information content (AvgIpc) is 3.23. The minimum absolute atomic E-state index is 0.0617. The molecule has 0 N–H and O–H groups in total. The minimum Gasteiger partial charge on any atom is -0.340 e. The summed E-state index contributed by atoms with van der Waals surface area (Å²) in [6.45, 7) is -0.0495. The van der Waals surface area contributed by atoms with Crippen LogP contribution >= 0.6 is 11.3 Å². The zero-order valence-electron chi connectivity index (χ0n) is 14.9. The Balaban J connectivity index is 1.48. The van der Waals surface area contributed by atoms with E-state index in [9.17, 15) is 22.8 Å². The van der Waals surface area contributed by atoms with Crippen LogP contribution < -0.4 is 0 Å². The summed E-state index contributed by atoms with van der Waals surface area (Å²) in [4.78, 5) is 40.8. The van der Waals surface area contributed by atoms with Gasteiger partial charge in [0, 0.05) is 18.0 Å². The number of fused-ring (bicyclic) bond motifs is 1. The largest absolute Gasteiger partial charge is 0.340 e. The molecule has 0 radical (unpaired) electrons. The zero-order chi connectivity index (χ0) is 19.9. The summed E-state index contributed by atoms with van der Waals surface area (Å²) in [5.41, 5.74) is 0.577. The van der Waals surface area contributed by atoms with Crippen molar-refractivity contribution < 1.29 is 22.8 Å². The van der Waals surface area contributed by atoms with Crippen molar-refractivity contribution in [2.75, 3.05) is 25.4 Å². The normalized spacial score (nSPS) is 21.5. The third kappa shape index (κ3) is 3.24. The first-order valence-corrected chi connectivity index (χ1v) is 11.5. The van der Waals surface area contributed by atoms with E-state index in [0.29, 0.717) is 6.42 Å². The molecule has 1 aromatic heterocycles. The lowest BCUT2D eigenvalue weighted by atomic mass is 10.1. The second-order valence-electron chi connectivity index (χ2n) is 6.78. The van der Waals surface area contributed by atoms with Crippen LogP contribution in [0.15, 0.2) is 41.8 Å². The average molecular weight is 418 g/mol. The number of carbonyl (C=O) groups excluding carboxylic acids is 3. The quantitative estimate of drug-likeness (QED) is 0.708. The number of hydrogen-bond donors (Lipinski definition) is 0. The fraction of sp³-hybridized carbons (Fsp3) is 0.316. The molecule has 146 valence electrons. The van der Waals surface area contributed by atoms with Crippen molar-refractivity contribution >= 4 is 38.9 Å². The molecule has 1 atom stereocenters. The van der Waals surface area contributed by atoms with Crippen molar-refractivity contribution in [1.29, 1.82) is 0 Å². The molecule has 1 saturated heterocycles. The second kappa shape index (κ2) is 7.14. The van der Waals surface area contributed by atoms with Crippen molar-refractivity contribution in [1.82, 2.24) is 9.80 Å². The van der Waals surface area contributed by atoms with Gasteiger partial charge in [0.2, 0.25) is 5.91 Å². The maximum Gasteiger partial charge on any atom is 0.262 e. The van der Waals surface area contributed by atoms with E-state index >= 15 is 0 Å². The van der Waals surface area contributed by atoms with Crippen LogP contribution in [0.25, 0.3) is 0 Å². The molecule has 7 nitrogen and oxygen atoms in total. The lowest BCUT2D eigenvalue weighted by Crippen LogP contribution is -2.43. The smallest absolute Gasteiger partial charge is 0.262 e. The number of hydrogen-bond acceptors (Lipinski definition) is 6. The number of benzene rings is 1. The number of rotatable bonds is 3. The molecule has 28 heavy (non-hydrogen) atoms. The van der Waals surface area contributed by atoms with Gasteiger partial charge in [0.1, 0.15) is 6.54 Å². The van der Waals surface area contributed by atoms with Gasteiger partial charge in [0.15, 0.2) is 9.84 Å². The SMILES string of the molecule is O=C(CN1C(=O)c2ccccc2C1=O)N1CCC(c2cccs2)S(=O)(=O)CC1. The molecule has 0 aliphatic carbocycles. The maximum absolute atomic E-state index is 12.7. The predicted octanol–water partition coefficient (Wildman–Crippen LogP) is 1.73. The van der Waals surface area contributed by atoms with Gasteiger partial charge in [-0.3, -0.25) is 19.3 Å². The summed E-state index contributed by atoms with van der Waals surface area (Å²) in [7, 11) is -3.37. The third-order valence-corrected chi connectivity index (χ3v) is 8.37. The van der Waals surface area contributed by atoms with Crippen LogP contribution in [-0.2, 0) is 14.6 Å². The highest BCUT2D eigenvalue weighted by molar-refractivity contribution is 7.91. The minimum atomic E-state index is -3.37. The summed E-state index contributed by atoms with van der Waals surface area (Å²) in [5, 5.41) is 1.21. The Bertz CT molecular complexity index is 1010. The Morgan fingerprint density at radius 2 is 1.71 bits per heavy atom. The van der Waals surface area contributed by atoms with Gasteiger partial charge in [-0.25, -0.2) is 8.42 Å². The van der Waals surface area contributed by atoms with Gasteiger partial charge >= 0.3 is 0 Å². The lowest BCUT2D eigenvalue weighted by Gasteiger charge is -2.22. The Morgan fingerprint density at radius 1 is 1.04 bits per heavy atom. The number of amides is 3. The van der Waals surface area contributed by atoms with Gasteiger partial charge in [-0.2, -0.15) is 0 Å². The number of imide groups is 1. The van der Waals surface area contributed by atoms with Gasteiger partial charge in [-0.05, 0) is 30.0 Å². The number of carbonyl (C=O) groups is 3. The molecule has 0 spiro atoms. The van der Waals surface area contributed by atoms with E-state index in [2.05, 4.69) is 0 Å². The molecular formula is C19H18N2O5S2. The molecule has 2 aliphatic heterocycles. The van der Waals surface area contributed by atoms with Crippen molar-refractivity contribution in [2.24, 2.45) is 0 Å². The molecule has 9 heteroatoms. The molecule has 1 fully saturated rings. The molecule has 3 heterocycles. The van der Waals surface area contributed by atoms with E-state index in [1.165, 1.54) is 16.2 Å². The highest BCUT2D eigenvalue weighted by Gasteiger charge is 2.38. The summed E-state index contributed by atoms with van der Waals surface area (Å²) in [6.07, 6.45) is 0.302. The molecule has 1 unspecified atom stereocenters. The molecule has 2 aromatic rings. The fourth-order valence-electron chi connectivity index (χ4n) is 3.61. The van der Waals surface area contributed by atoms with Crippen LogP contribution in [0.4, 0.5) is 0 Å². The lowest BCUT2D eigenvalue weighted by molar-refractivity contribution is -0.131. The van der Waals surface area contributed by atoms with Gasteiger partial charge in [0.05, 0.1) is 22.1 Å². The van der Waals surface area contributed by atoms with Gasteiger partial charge in [-0.1, -0.05) is 18.2 Å². The predicted molar refractivity (Wildman–Crippen MR) is 104 cm³/mol. The van der Waals surface area contributed by atoms with Crippen LogP contribution in [0.5, 0.6) is 0 Å². The Labute approximate surface area is 166 Å². The monoisotopic (exact) mass is 418 g/mol. The molecule has 4 rings (SSSR count). The van der Waals surface area contributed by atoms with Gasteiger partial charge in [-0.15, -0.1) is 11.3 Å². The number of sulfone groups is 1. The summed E-state index contributed by atoms with van der Waals surface area (Å²) < 4.78 is 25.2. The summed E-state index contributed by atoms with van der Waals surface area (Å²) in [5.74, 6) is -1.54. The molecular weight excluding hydrogens is 400 g/mol. The van der Waals surface area contributed by atoms with Crippen molar-refractivity contribution in [3.63, 3.8) is 0 Å².